The van der Waals surface area contributed by atoms with E-state index < -0.39 is 17.5 Å². The second-order valence-electron chi connectivity index (χ2n) is 8.04. The molecule has 0 spiro atoms. The maximum absolute atomic E-state index is 13.2. The molecule has 4 amide bonds. The van der Waals surface area contributed by atoms with Gasteiger partial charge in [0.1, 0.15) is 11.2 Å². The van der Waals surface area contributed by atoms with Crippen molar-refractivity contribution in [1.29, 1.82) is 0 Å². The Balaban J connectivity index is 1.45. The van der Waals surface area contributed by atoms with Crippen molar-refractivity contribution >= 4 is 23.5 Å². The zero-order valence-electron chi connectivity index (χ0n) is 16.9. The molecule has 8 heteroatoms. The number of nitrogens with zero attached hydrogens (tertiary/aromatic N) is 2. The van der Waals surface area contributed by atoms with Crippen LogP contribution in [0.4, 0.5) is 10.5 Å². The third kappa shape index (κ3) is 3.46. The molecule has 0 bridgehead atoms. The molecule has 3 N–H and O–H groups in total. The maximum Gasteiger partial charge on any atom is 0.322 e. The van der Waals surface area contributed by atoms with Crippen LogP contribution < -0.4 is 16.0 Å². The van der Waals surface area contributed by atoms with Crippen molar-refractivity contribution in [3.8, 4) is 5.69 Å². The van der Waals surface area contributed by atoms with E-state index in [0.29, 0.717) is 22.9 Å². The smallest absolute Gasteiger partial charge is 0.321 e. The van der Waals surface area contributed by atoms with Crippen molar-refractivity contribution < 1.29 is 14.4 Å². The number of amides is 4. The predicted molar refractivity (Wildman–Crippen MR) is 114 cm³/mol. The molecule has 5 rings (SSSR count). The normalized spacial score (nSPS) is 20.3. The summed E-state index contributed by atoms with van der Waals surface area (Å²) in [6.45, 7) is 1.63. The summed E-state index contributed by atoms with van der Waals surface area (Å²) < 4.78 is 1.67. The number of imide groups is 1. The molecule has 2 fully saturated rings. The minimum atomic E-state index is -1.19. The fourth-order valence-corrected chi connectivity index (χ4v) is 3.76. The van der Waals surface area contributed by atoms with Crippen molar-refractivity contribution in [2.45, 2.75) is 31.2 Å². The van der Waals surface area contributed by atoms with Crippen molar-refractivity contribution in [1.82, 2.24) is 20.4 Å². The highest BCUT2D eigenvalue weighted by Gasteiger charge is 2.43. The quantitative estimate of drug-likeness (QED) is 0.557. The lowest BCUT2D eigenvalue weighted by Gasteiger charge is -2.21. The van der Waals surface area contributed by atoms with E-state index in [9.17, 15) is 14.4 Å². The molecular weight excluding hydrogens is 394 g/mol. The molecule has 1 aliphatic heterocycles. The molecule has 156 valence electrons. The maximum atomic E-state index is 13.2. The molecule has 2 aliphatic rings. The Hall–Kier alpha value is -3.94. The van der Waals surface area contributed by atoms with E-state index in [2.05, 4.69) is 21.0 Å². The van der Waals surface area contributed by atoms with E-state index in [1.54, 1.807) is 35.9 Å². The number of urea groups is 1. The summed E-state index contributed by atoms with van der Waals surface area (Å²) in [5.74, 6) is -0.327. The van der Waals surface area contributed by atoms with Gasteiger partial charge in [0.25, 0.3) is 11.8 Å². The number of hydrogen-bond donors (Lipinski definition) is 3. The van der Waals surface area contributed by atoms with Gasteiger partial charge in [-0.2, -0.15) is 5.10 Å². The number of rotatable bonds is 5. The molecule has 3 aromatic rings. The summed E-state index contributed by atoms with van der Waals surface area (Å²) in [5, 5.41) is 12.5. The Morgan fingerprint density at radius 1 is 1.10 bits per heavy atom. The molecule has 1 saturated carbocycles. The second-order valence-corrected chi connectivity index (χ2v) is 8.04. The minimum absolute atomic E-state index is 0.300. The SMILES string of the molecule is C[C@@]1(c2cccc(NC(=O)c3cc(C4CC4)nn3-c3ccccc3)c2)NC(=O)NC1=O. The first-order chi connectivity index (χ1) is 14.9. The van der Waals surface area contributed by atoms with Crippen LogP contribution in [0.15, 0.2) is 60.7 Å². The van der Waals surface area contributed by atoms with E-state index in [4.69, 9.17) is 0 Å². The van der Waals surface area contributed by atoms with Gasteiger partial charge in [0.15, 0.2) is 0 Å². The zero-order valence-corrected chi connectivity index (χ0v) is 16.9. The van der Waals surface area contributed by atoms with Crippen LogP contribution in [-0.4, -0.2) is 27.6 Å². The first-order valence-electron chi connectivity index (χ1n) is 10.1. The van der Waals surface area contributed by atoms with E-state index in [1.807, 2.05) is 36.4 Å². The third-order valence-corrected chi connectivity index (χ3v) is 5.70. The van der Waals surface area contributed by atoms with E-state index in [1.165, 1.54) is 0 Å². The van der Waals surface area contributed by atoms with Crippen LogP contribution in [0.2, 0.25) is 0 Å². The summed E-state index contributed by atoms with van der Waals surface area (Å²) in [5.41, 5.74) is 2.07. The highest BCUT2D eigenvalue weighted by Crippen LogP contribution is 2.39. The number of carbonyl (C=O) groups is 3. The van der Waals surface area contributed by atoms with Gasteiger partial charge >= 0.3 is 6.03 Å². The largest absolute Gasteiger partial charge is 0.322 e. The highest BCUT2D eigenvalue weighted by molar-refractivity contribution is 6.07. The molecule has 31 heavy (non-hydrogen) atoms. The molecule has 0 radical (unpaired) electrons. The van der Waals surface area contributed by atoms with Crippen molar-refractivity contribution in [3.63, 3.8) is 0 Å². The van der Waals surface area contributed by atoms with Gasteiger partial charge in [-0.3, -0.25) is 14.9 Å². The predicted octanol–water partition coefficient (Wildman–Crippen LogP) is 3.06. The first kappa shape index (κ1) is 19.0. The Bertz CT molecular complexity index is 1200. The van der Waals surface area contributed by atoms with Crippen LogP contribution in [0.5, 0.6) is 0 Å². The van der Waals surface area contributed by atoms with Gasteiger partial charge in [0.05, 0.1) is 11.4 Å². The molecule has 2 aromatic carbocycles. The van der Waals surface area contributed by atoms with Crippen LogP contribution in [0, 0.1) is 0 Å². The number of hydrogen-bond acceptors (Lipinski definition) is 4. The third-order valence-electron chi connectivity index (χ3n) is 5.70. The number of para-hydroxylation sites is 1. The fraction of sp³-hybridized carbons (Fsp3) is 0.217. The molecule has 2 heterocycles. The zero-order chi connectivity index (χ0) is 21.6. The van der Waals surface area contributed by atoms with Crippen molar-refractivity contribution in [3.05, 3.63) is 77.6 Å². The average molecular weight is 415 g/mol. The lowest BCUT2D eigenvalue weighted by atomic mass is 9.92. The van der Waals surface area contributed by atoms with Crippen LogP contribution in [-0.2, 0) is 10.3 Å². The molecule has 1 aliphatic carbocycles. The monoisotopic (exact) mass is 415 g/mol. The van der Waals surface area contributed by atoms with Gasteiger partial charge in [-0.15, -0.1) is 0 Å². The number of anilines is 1. The Morgan fingerprint density at radius 2 is 1.87 bits per heavy atom. The number of nitrogens with one attached hydrogen (secondary N) is 3. The Kier molecular flexibility index (Phi) is 4.35. The van der Waals surface area contributed by atoms with E-state index in [0.717, 1.165) is 24.2 Å². The summed E-state index contributed by atoms with van der Waals surface area (Å²) in [4.78, 5) is 37.0. The van der Waals surface area contributed by atoms with Gasteiger partial charge in [-0.05, 0) is 55.7 Å². The molecule has 8 nitrogen and oxygen atoms in total. The summed E-state index contributed by atoms with van der Waals surface area (Å²) in [7, 11) is 0. The van der Waals surface area contributed by atoms with Crippen LogP contribution in [0.25, 0.3) is 5.69 Å². The number of carbonyl (C=O) groups excluding carboxylic acids is 3. The van der Waals surface area contributed by atoms with Gasteiger partial charge < -0.3 is 10.6 Å². The second kappa shape index (κ2) is 7.09. The fourth-order valence-electron chi connectivity index (χ4n) is 3.76. The Morgan fingerprint density at radius 3 is 2.55 bits per heavy atom. The molecular formula is C23H21N5O3. The van der Waals surface area contributed by atoms with E-state index in [-0.39, 0.29) is 5.91 Å². The minimum Gasteiger partial charge on any atom is -0.321 e. The first-order valence-corrected chi connectivity index (χ1v) is 10.1. The van der Waals surface area contributed by atoms with Gasteiger partial charge in [-0.25, -0.2) is 9.48 Å². The Labute approximate surface area is 178 Å². The van der Waals surface area contributed by atoms with Gasteiger partial charge in [-0.1, -0.05) is 30.3 Å². The molecule has 1 saturated heterocycles. The number of benzene rings is 2. The van der Waals surface area contributed by atoms with Gasteiger partial charge in [0.2, 0.25) is 0 Å². The van der Waals surface area contributed by atoms with E-state index >= 15 is 0 Å². The molecule has 1 aromatic heterocycles. The lowest BCUT2D eigenvalue weighted by molar-refractivity contribution is -0.123. The topological polar surface area (TPSA) is 105 Å². The molecule has 0 unspecified atom stereocenters. The summed E-state index contributed by atoms with van der Waals surface area (Å²) in [6.07, 6.45) is 2.17. The standard InChI is InChI=1S/C23H21N5O3/c1-23(21(30)25-22(31)26-23)15-6-5-7-16(12-15)24-20(29)19-13-18(14-10-11-14)27-28(19)17-8-3-2-4-9-17/h2-9,12-14H,10-11H2,1H3,(H,24,29)(H2,25,26,30,31)/t23-/m0/s1. The molecule has 1 atom stereocenters. The van der Waals surface area contributed by atoms with Crippen molar-refractivity contribution in [2.75, 3.05) is 5.32 Å². The van der Waals surface area contributed by atoms with Crippen LogP contribution in [0.1, 0.15) is 47.4 Å². The average Bonchev–Trinajstić information content (AvgIpc) is 3.45. The lowest BCUT2D eigenvalue weighted by Crippen LogP contribution is -2.40. The summed E-state index contributed by atoms with van der Waals surface area (Å²) in [6, 6.07) is 17.7. The van der Waals surface area contributed by atoms with Crippen molar-refractivity contribution in [2.24, 2.45) is 0 Å². The van der Waals surface area contributed by atoms with Crippen LogP contribution in [0.3, 0.4) is 0 Å². The van der Waals surface area contributed by atoms with Crippen LogP contribution >= 0.6 is 0 Å². The number of aromatic nitrogens is 2. The van der Waals surface area contributed by atoms with Gasteiger partial charge in [0, 0.05) is 11.6 Å². The summed E-state index contributed by atoms with van der Waals surface area (Å²) >= 11 is 0. The highest BCUT2D eigenvalue weighted by atomic mass is 16.2.